The number of anilines is 1. The molecular formula is C13H20N4O. The second-order valence-electron chi connectivity index (χ2n) is 4.54. The molecule has 1 saturated heterocycles. The maximum atomic E-state index is 11.4. The van der Waals surface area contributed by atoms with Gasteiger partial charge in [-0.15, -0.1) is 0 Å². The highest BCUT2D eigenvalue weighted by Gasteiger charge is 2.17. The van der Waals surface area contributed by atoms with Crippen LogP contribution in [-0.2, 0) is 11.3 Å². The van der Waals surface area contributed by atoms with Gasteiger partial charge in [-0.1, -0.05) is 6.07 Å². The summed E-state index contributed by atoms with van der Waals surface area (Å²) >= 11 is 0. The predicted octanol–water partition coefficient (Wildman–Crippen LogP) is 0.599. The SMILES string of the molecule is CC(=O)N1CCCN(c2cccc(CN)n2)CC1. The number of pyridine rings is 1. The van der Waals surface area contributed by atoms with Crippen molar-refractivity contribution in [3.8, 4) is 0 Å². The molecule has 18 heavy (non-hydrogen) atoms. The Kier molecular flexibility index (Phi) is 4.15. The summed E-state index contributed by atoms with van der Waals surface area (Å²) in [4.78, 5) is 20.0. The minimum atomic E-state index is 0.153. The number of hydrogen-bond acceptors (Lipinski definition) is 4. The fourth-order valence-electron chi connectivity index (χ4n) is 2.22. The number of nitrogens with two attached hydrogens (primary N) is 1. The van der Waals surface area contributed by atoms with Gasteiger partial charge in [-0.2, -0.15) is 0 Å². The van der Waals surface area contributed by atoms with Gasteiger partial charge in [0.1, 0.15) is 5.82 Å². The van der Waals surface area contributed by atoms with Gasteiger partial charge in [-0.05, 0) is 18.6 Å². The van der Waals surface area contributed by atoms with Crippen LogP contribution in [0.3, 0.4) is 0 Å². The first-order valence-corrected chi connectivity index (χ1v) is 6.37. The average Bonchev–Trinajstić information content (AvgIpc) is 2.64. The van der Waals surface area contributed by atoms with Crippen molar-refractivity contribution < 1.29 is 4.79 Å². The van der Waals surface area contributed by atoms with E-state index in [1.54, 1.807) is 6.92 Å². The lowest BCUT2D eigenvalue weighted by atomic mass is 10.3. The highest BCUT2D eigenvalue weighted by atomic mass is 16.2. The van der Waals surface area contributed by atoms with Crippen molar-refractivity contribution in [3.63, 3.8) is 0 Å². The molecule has 0 unspecified atom stereocenters. The maximum Gasteiger partial charge on any atom is 0.219 e. The number of carbonyl (C=O) groups is 1. The number of amides is 1. The van der Waals surface area contributed by atoms with Crippen LogP contribution in [0.5, 0.6) is 0 Å². The molecule has 1 fully saturated rings. The average molecular weight is 248 g/mol. The fourth-order valence-corrected chi connectivity index (χ4v) is 2.22. The molecule has 0 spiro atoms. The van der Waals surface area contributed by atoms with Crippen molar-refractivity contribution in [1.29, 1.82) is 0 Å². The first-order chi connectivity index (χ1) is 8.70. The first-order valence-electron chi connectivity index (χ1n) is 6.37. The third-order valence-electron chi connectivity index (χ3n) is 3.27. The minimum absolute atomic E-state index is 0.153. The van der Waals surface area contributed by atoms with Gasteiger partial charge < -0.3 is 15.5 Å². The van der Waals surface area contributed by atoms with Gasteiger partial charge in [0.15, 0.2) is 0 Å². The Morgan fingerprint density at radius 1 is 1.33 bits per heavy atom. The van der Waals surface area contributed by atoms with Gasteiger partial charge in [-0.3, -0.25) is 4.79 Å². The van der Waals surface area contributed by atoms with Crippen molar-refractivity contribution in [3.05, 3.63) is 23.9 Å². The van der Waals surface area contributed by atoms with E-state index in [0.717, 1.165) is 44.1 Å². The second-order valence-corrected chi connectivity index (χ2v) is 4.54. The quantitative estimate of drug-likeness (QED) is 0.832. The molecule has 0 aromatic carbocycles. The minimum Gasteiger partial charge on any atom is -0.355 e. The molecule has 1 aliphatic rings. The predicted molar refractivity (Wildman–Crippen MR) is 71.2 cm³/mol. The topological polar surface area (TPSA) is 62.5 Å². The molecule has 1 amide bonds. The summed E-state index contributed by atoms with van der Waals surface area (Å²) in [6.07, 6.45) is 0.980. The van der Waals surface area contributed by atoms with Crippen LogP contribution in [0, 0.1) is 0 Å². The van der Waals surface area contributed by atoms with Crippen LogP contribution in [-0.4, -0.2) is 42.0 Å². The van der Waals surface area contributed by atoms with E-state index < -0.39 is 0 Å². The van der Waals surface area contributed by atoms with Crippen molar-refractivity contribution in [2.75, 3.05) is 31.1 Å². The van der Waals surface area contributed by atoms with Crippen LogP contribution in [0.1, 0.15) is 19.0 Å². The molecule has 1 aliphatic heterocycles. The first kappa shape index (κ1) is 12.8. The Balaban J connectivity index is 2.07. The number of nitrogens with zero attached hydrogens (tertiary/aromatic N) is 3. The monoisotopic (exact) mass is 248 g/mol. The Hall–Kier alpha value is -1.62. The molecule has 98 valence electrons. The van der Waals surface area contributed by atoms with E-state index >= 15 is 0 Å². The third-order valence-corrected chi connectivity index (χ3v) is 3.27. The van der Waals surface area contributed by atoms with Crippen molar-refractivity contribution in [2.24, 2.45) is 5.73 Å². The Morgan fingerprint density at radius 3 is 2.89 bits per heavy atom. The summed E-state index contributed by atoms with van der Waals surface area (Å²) in [7, 11) is 0. The van der Waals surface area contributed by atoms with E-state index in [2.05, 4.69) is 9.88 Å². The van der Waals surface area contributed by atoms with Crippen LogP contribution in [0.25, 0.3) is 0 Å². The summed E-state index contributed by atoms with van der Waals surface area (Å²) in [6.45, 7) is 5.46. The molecule has 5 heteroatoms. The van der Waals surface area contributed by atoms with Crippen LogP contribution >= 0.6 is 0 Å². The standard InChI is InChI=1S/C13H20N4O/c1-11(18)16-6-3-7-17(9-8-16)13-5-2-4-12(10-14)15-13/h2,4-5H,3,6-10,14H2,1H3. The number of rotatable bonds is 2. The van der Waals surface area contributed by atoms with Gasteiger partial charge in [0.05, 0.1) is 5.69 Å². The number of hydrogen-bond donors (Lipinski definition) is 1. The van der Waals surface area contributed by atoms with E-state index in [0.29, 0.717) is 6.54 Å². The zero-order valence-electron chi connectivity index (χ0n) is 10.8. The van der Waals surface area contributed by atoms with Crippen molar-refractivity contribution in [2.45, 2.75) is 19.9 Å². The summed E-state index contributed by atoms with van der Waals surface area (Å²) in [5, 5.41) is 0. The van der Waals surface area contributed by atoms with Gasteiger partial charge in [0.25, 0.3) is 0 Å². The smallest absolute Gasteiger partial charge is 0.219 e. The van der Waals surface area contributed by atoms with Crippen LogP contribution < -0.4 is 10.6 Å². The molecule has 0 atom stereocenters. The third kappa shape index (κ3) is 2.98. The largest absolute Gasteiger partial charge is 0.355 e. The molecule has 0 saturated carbocycles. The fraction of sp³-hybridized carbons (Fsp3) is 0.538. The van der Waals surface area contributed by atoms with E-state index in [-0.39, 0.29) is 5.91 Å². The van der Waals surface area contributed by atoms with Gasteiger partial charge in [0, 0.05) is 39.6 Å². The number of aromatic nitrogens is 1. The van der Waals surface area contributed by atoms with Gasteiger partial charge in [-0.25, -0.2) is 4.98 Å². The van der Waals surface area contributed by atoms with Gasteiger partial charge >= 0.3 is 0 Å². The zero-order chi connectivity index (χ0) is 13.0. The van der Waals surface area contributed by atoms with Crippen LogP contribution in [0.2, 0.25) is 0 Å². The normalized spacial score (nSPS) is 16.6. The molecule has 0 bridgehead atoms. The van der Waals surface area contributed by atoms with E-state index in [9.17, 15) is 4.79 Å². The molecule has 2 rings (SSSR count). The van der Waals surface area contributed by atoms with E-state index in [4.69, 9.17) is 5.73 Å². The van der Waals surface area contributed by atoms with E-state index in [1.165, 1.54) is 0 Å². The lowest BCUT2D eigenvalue weighted by Crippen LogP contribution is -2.33. The van der Waals surface area contributed by atoms with Crippen LogP contribution in [0.15, 0.2) is 18.2 Å². The Morgan fingerprint density at radius 2 is 2.17 bits per heavy atom. The number of carbonyl (C=O) groups excluding carboxylic acids is 1. The molecule has 1 aromatic rings. The second kappa shape index (κ2) is 5.82. The van der Waals surface area contributed by atoms with Crippen molar-refractivity contribution >= 4 is 11.7 Å². The maximum absolute atomic E-state index is 11.4. The molecule has 1 aromatic heterocycles. The summed E-state index contributed by atoms with van der Waals surface area (Å²) in [5.74, 6) is 1.11. The summed E-state index contributed by atoms with van der Waals surface area (Å²) in [6, 6.07) is 5.92. The molecule has 2 N–H and O–H groups in total. The molecule has 2 heterocycles. The molecule has 0 aliphatic carbocycles. The molecular weight excluding hydrogens is 228 g/mol. The summed E-state index contributed by atoms with van der Waals surface area (Å²) in [5.41, 5.74) is 6.51. The Labute approximate surface area is 108 Å². The van der Waals surface area contributed by atoms with Gasteiger partial charge in [0.2, 0.25) is 5.91 Å². The molecule has 5 nitrogen and oxygen atoms in total. The molecule has 0 radical (unpaired) electrons. The zero-order valence-corrected chi connectivity index (χ0v) is 10.8. The lowest BCUT2D eigenvalue weighted by molar-refractivity contribution is -0.128. The van der Waals surface area contributed by atoms with Crippen LogP contribution in [0.4, 0.5) is 5.82 Å². The van der Waals surface area contributed by atoms with Crippen molar-refractivity contribution in [1.82, 2.24) is 9.88 Å². The van der Waals surface area contributed by atoms with E-state index in [1.807, 2.05) is 23.1 Å². The highest BCUT2D eigenvalue weighted by molar-refractivity contribution is 5.73. The lowest BCUT2D eigenvalue weighted by Gasteiger charge is -2.22. The Bertz CT molecular complexity index is 421. The highest BCUT2D eigenvalue weighted by Crippen LogP contribution is 2.14. The summed E-state index contributed by atoms with van der Waals surface area (Å²) < 4.78 is 0.